The van der Waals surface area contributed by atoms with Crippen molar-refractivity contribution < 1.29 is 9.00 Å². The maximum absolute atomic E-state index is 12.0. The average molecular weight is 301 g/mol. The third kappa shape index (κ3) is 5.16. The molecule has 1 N–H and O–H groups in total. The fraction of sp³-hybridized carbons (Fsp3) is 0.235. The van der Waals surface area contributed by atoms with Gasteiger partial charge in [0.2, 0.25) is 5.91 Å². The average Bonchev–Trinajstić information content (AvgIpc) is 2.48. The topological polar surface area (TPSA) is 46.2 Å². The van der Waals surface area contributed by atoms with Crippen LogP contribution < -0.4 is 5.32 Å². The van der Waals surface area contributed by atoms with E-state index < -0.39 is 10.8 Å². The smallest absolute Gasteiger partial charge is 0.232 e. The number of carbonyl (C=O) groups excluding carboxylic acids is 1. The third-order valence-corrected chi connectivity index (χ3v) is 4.42. The predicted molar refractivity (Wildman–Crippen MR) is 86.2 cm³/mol. The van der Waals surface area contributed by atoms with Crippen LogP contribution in [-0.2, 0) is 27.9 Å². The SMILES string of the molecule is Cc1ccccc1CS(=O)CC(=O)NCc1ccccc1. The molecule has 0 saturated carbocycles. The molecule has 0 aliphatic heterocycles. The highest BCUT2D eigenvalue weighted by Crippen LogP contribution is 2.09. The van der Waals surface area contributed by atoms with Gasteiger partial charge in [-0.25, -0.2) is 0 Å². The lowest BCUT2D eigenvalue weighted by molar-refractivity contribution is -0.118. The summed E-state index contributed by atoms with van der Waals surface area (Å²) in [5.41, 5.74) is 3.18. The van der Waals surface area contributed by atoms with Crippen molar-refractivity contribution in [2.24, 2.45) is 0 Å². The zero-order valence-corrected chi connectivity index (χ0v) is 12.9. The molecule has 2 rings (SSSR count). The Labute approximate surface area is 127 Å². The molecule has 0 aliphatic carbocycles. The first-order valence-electron chi connectivity index (χ1n) is 6.85. The summed E-state index contributed by atoms with van der Waals surface area (Å²) in [5, 5.41) is 2.80. The largest absolute Gasteiger partial charge is 0.351 e. The van der Waals surface area contributed by atoms with Gasteiger partial charge >= 0.3 is 0 Å². The fourth-order valence-electron chi connectivity index (χ4n) is 1.99. The van der Waals surface area contributed by atoms with E-state index in [1.807, 2.05) is 61.5 Å². The number of benzene rings is 2. The molecular formula is C17H19NO2S. The highest BCUT2D eigenvalue weighted by atomic mass is 32.2. The van der Waals surface area contributed by atoms with Gasteiger partial charge in [-0.05, 0) is 23.6 Å². The fourth-order valence-corrected chi connectivity index (χ4v) is 3.16. The zero-order chi connectivity index (χ0) is 15.1. The van der Waals surface area contributed by atoms with Crippen LogP contribution in [-0.4, -0.2) is 15.9 Å². The van der Waals surface area contributed by atoms with E-state index in [9.17, 15) is 9.00 Å². The Morgan fingerprint density at radius 3 is 2.43 bits per heavy atom. The van der Waals surface area contributed by atoms with Gasteiger partial charge in [0.15, 0.2) is 0 Å². The van der Waals surface area contributed by atoms with Crippen molar-refractivity contribution >= 4 is 16.7 Å². The van der Waals surface area contributed by atoms with E-state index in [-0.39, 0.29) is 11.7 Å². The number of nitrogens with one attached hydrogen (secondary N) is 1. The lowest BCUT2D eigenvalue weighted by Gasteiger charge is -2.07. The van der Waals surface area contributed by atoms with Crippen molar-refractivity contribution in [1.82, 2.24) is 5.32 Å². The second-order valence-electron chi connectivity index (χ2n) is 4.92. The van der Waals surface area contributed by atoms with E-state index in [2.05, 4.69) is 5.32 Å². The van der Waals surface area contributed by atoms with Crippen LogP contribution >= 0.6 is 0 Å². The molecule has 110 valence electrons. The van der Waals surface area contributed by atoms with Crippen molar-refractivity contribution in [3.8, 4) is 0 Å². The van der Waals surface area contributed by atoms with Gasteiger partial charge in [0.05, 0.1) is 0 Å². The third-order valence-electron chi connectivity index (χ3n) is 3.20. The molecule has 0 heterocycles. The van der Waals surface area contributed by atoms with Gasteiger partial charge in [-0.1, -0.05) is 54.6 Å². The Bertz CT molecular complexity index is 626. The zero-order valence-electron chi connectivity index (χ0n) is 12.0. The minimum atomic E-state index is -1.18. The number of hydrogen-bond acceptors (Lipinski definition) is 2. The summed E-state index contributed by atoms with van der Waals surface area (Å²) in [6.45, 7) is 2.46. The Kier molecular flexibility index (Phi) is 5.69. The number of hydrogen-bond donors (Lipinski definition) is 1. The first kappa shape index (κ1) is 15.4. The van der Waals surface area contributed by atoms with E-state index >= 15 is 0 Å². The summed E-state index contributed by atoms with van der Waals surface area (Å²) in [6.07, 6.45) is 0. The molecule has 2 aromatic rings. The van der Waals surface area contributed by atoms with Crippen molar-refractivity contribution in [3.63, 3.8) is 0 Å². The first-order chi connectivity index (χ1) is 10.1. The van der Waals surface area contributed by atoms with Crippen LogP contribution in [0.4, 0.5) is 0 Å². The van der Waals surface area contributed by atoms with Gasteiger partial charge in [0, 0.05) is 23.1 Å². The molecular weight excluding hydrogens is 282 g/mol. The molecule has 1 amide bonds. The van der Waals surface area contributed by atoms with Crippen LogP contribution in [0.3, 0.4) is 0 Å². The molecule has 1 atom stereocenters. The summed E-state index contributed by atoms with van der Waals surface area (Å²) in [7, 11) is -1.18. The van der Waals surface area contributed by atoms with E-state index in [0.29, 0.717) is 12.3 Å². The molecule has 1 unspecified atom stereocenters. The van der Waals surface area contributed by atoms with E-state index in [1.54, 1.807) is 0 Å². The van der Waals surface area contributed by atoms with E-state index in [0.717, 1.165) is 16.7 Å². The van der Waals surface area contributed by atoms with Crippen LogP contribution in [0, 0.1) is 6.92 Å². The number of amides is 1. The summed E-state index contributed by atoms with van der Waals surface area (Å²) in [6, 6.07) is 17.5. The lowest BCUT2D eigenvalue weighted by Crippen LogP contribution is -2.28. The molecule has 0 aliphatic rings. The Hall–Kier alpha value is -1.94. The summed E-state index contributed by atoms with van der Waals surface area (Å²) in [4.78, 5) is 11.8. The Balaban J connectivity index is 1.80. The van der Waals surface area contributed by atoms with E-state index in [1.165, 1.54) is 0 Å². The number of aryl methyl sites for hydroxylation is 1. The van der Waals surface area contributed by atoms with Crippen molar-refractivity contribution in [1.29, 1.82) is 0 Å². The molecule has 4 heteroatoms. The van der Waals surface area contributed by atoms with Crippen molar-refractivity contribution in [3.05, 3.63) is 71.3 Å². The van der Waals surface area contributed by atoms with Gasteiger partial charge < -0.3 is 5.32 Å². The maximum atomic E-state index is 12.0. The number of carbonyl (C=O) groups is 1. The van der Waals surface area contributed by atoms with Crippen LogP contribution in [0.2, 0.25) is 0 Å². The van der Waals surface area contributed by atoms with Gasteiger partial charge in [-0.3, -0.25) is 9.00 Å². The molecule has 2 aromatic carbocycles. The molecule has 0 bridgehead atoms. The monoisotopic (exact) mass is 301 g/mol. The highest BCUT2D eigenvalue weighted by molar-refractivity contribution is 7.84. The Morgan fingerprint density at radius 2 is 1.71 bits per heavy atom. The standard InChI is InChI=1S/C17H19NO2S/c1-14-7-5-6-10-16(14)12-21(20)13-17(19)18-11-15-8-3-2-4-9-15/h2-10H,11-13H2,1H3,(H,18,19). The Morgan fingerprint density at radius 1 is 1.05 bits per heavy atom. The van der Waals surface area contributed by atoms with Crippen LogP contribution in [0.1, 0.15) is 16.7 Å². The normalized spacial score (nSPS) is 11.9. The molecule has 3 nitrogen and oxygen atoms in total. The van der Waals surface area contributed by atoms with Crippen LogP contribution in [0.15, 0.2) is 54.6 Å². The lowest BCUT2D eigenvalue weighted by atomic mass is 10.1. The predicted octanol–water partition coefficient (Wildman–Crippen LogP) is 2.56. The molecule has 0 aromatic heterocycles. The van der Waals surface area contributed by atoms with Crippen LogP contribution in [0.5, 0.6) is 0 Å². The van der Waals surface area contributed by atoms with Crippen molar-refractivity contribution in [2.75, 3.05) is 5.75 Å². The molecule has 21 heavy (non-hydrogen) atoms. The first-order valence-corrected chi connectivity index (χ1v) is 8.34. The van der Waals surface area contributed by atoms with Gasteiger partial charge in [0.1, 0.15) is 5.75 Å². The quantitative estimate of drug-likeness (QED) is 0.891. The van der Waals surface area contributed by atoms with Gasteiger partial charge in [-0.2, -0.15) is 0 Å². The van der Waals surface area contributed by atoms with Crippen LogP contribution in [0.25, 0.3) is 0 Å². The van der Waals surface area contributed by atoms with Gasteiger partial charge in [0.25, 0.3) is 0 Å². The minimum absolute atomic E-state index is 0.0428. The summed E-state index contributed by atoms with van der Waals surface area (Å²) < 4.78 is 12.0. The summed E-state index contributed by atoms with van der Waals surface area (Å²) in [5.74, 6) is 0.290. The maximum Gasteiger partial charge on any atom is 0.232 e. The van der Waals surface area contributed by atoms with Gasteiger partial charge in [-0.15, -0.1) is 0 Å². The van der Waals surface area contributed by atoms with E-state index in [4.69, 9.17) is 0 Å². The molecule has 0 saturated heterocycles. The summed E-state index contributed by atoms with van der Waals surface area (Å²) >= 11 is 0. The second kappa shape index (κ2) is 7.74. The number of rotatable bonds is 6. The molecule has 0 spiro atoms. The molecule has 0 radical (unpaired) electrons. The second-order valence-corrected chi connectivity index (χ2v) is 6.37. The van der Waals surface area contributed by atoms with Crippen molar-refractivity contribution in [2.45, 2.75) is 19.2 Å². The molecule has 0 fully saturated rings. The minimum Gasteiger partial charge on any atom is -0.351 e. The highest BCUT2D eigenvalue weighted by Gasteiger charge is 2.09.